The van der Waals surface area contributed by atoms with Crippen LogP contribution >= 0.6 is 0 Å². The summed E-state index contributed by atoms with van der Waals surface area (Å²) in [6.45, 7) is 4.19. The van der Waals surface area contributed by atoms with Crippen molar-refractivity contribution in [2.75, 3.05) is 37.2 Å². The standard InChI is InChI=1S/C13H20N4O2/c14-11-10(13(18)19)4-6-16-12(11)15-5-3-9-17-7-1-2-8-17/h4,6H,1-3,5,7-9,14H2,(H,15,16)(H,18,19). The van der Waals surface area contributed by atoms with Crippen molar-refractivity contribution in [2.24, 2.45) is 0 Å². The summed E-state index contributed by atoms with van der Waals surface area (Å²) < 4.78 is 0. The molecule has 2 heterocycles. The van der Waals surface area contributed by atoms with Crippen LogP contribution in [0.4, 0.5) is 11.5 Å². The number of pyridine rings is 1. The van der Waals surface area contributed by atoms with Crippen LogP contribution in [0.3, 0.4) is 0 Å². The van der Waals surface area contributed by atoms with Crippen molar-refractivity contribution >= 4 is 17.5 Å². The lowest BCUT2D eigenvalue weighted by Gasteiger charge is -2.15. The van der Waals surface area contributed by atoms with Gasteiger partial charge in [-0.2, -0.15) is 0 Å². The Balaban J connectivity index is 1.82. The molecular formula is C13H20N4O2. The quantitative estimate of drug-likeness (QED) is 0.670. The summed E-state index contributed by atoms with van der Waals surface area (Å²) in [5, 5.41) is 12.1. The summed E-state index contributed by atoms with van der Waals surface area (Å²) in [5.41, 5.74) is 6.07. The first-order valence-corrected chi connectivity index (χ1v) is 6.62. The minimum absolute atomic E-state index is 0.0945. The molecule has 0 aromatic carbocycles. The van der Waals surface area contributed by atoms with Crippen molar-refractivity contribution in [1.29, 1.82) is 0 Å². The molecule has 0 aliphatic carbocycles. The number of carboxylic acid groups (broad SMARTS) is 1. The highest BCUT2D eigenvalue weighted by molar-refractivity contribution is 5.96. The minimum atomic E-state index is -1.03. The third kappa shape index (κ3) is 3.57. The van der Waals surface area contributed by atoms with E-state index in [2.05, 4.69) is 15.2 Å². The van der Waals surface area contributed by atoms with Crippen LogP contribution in [0.2, 0.25) is 0 Å². The van der Waals surface area contributed by atoms with Crippen LogP contribution in [0, 0.1) is 0 Å². The topological polar surface area (TPSA) is 91.5 Å². The van der Waals surface area contributed by atoms with Crippen molar-refractivity contribution in [1.82, 2.24) is 9.88 Å². The zero-order valence-electron chi connectivity index (χ0n) is 10.9. The number of hydrogen-bond donors (Lipinski definition) is 3. The number of nitrogen functional groups attached to an aromatic ring is 1. The van der Waals surface area contributed by atoms with Gasteiger partial charge < -0.3 is 21.1 Å². The number of nitrogens with two attached hydrogens (primary N) is 1. The summed E-state index contributed by atoms with van der Waals surface area (Å²) in [5.74, 6) is -0.568. The summed E-state index contributed by atoms with van der Waals surface area (Å²) >= 11 is 0. The highest BCUT2D eigenvalue weighted by atomic mass is 16.4. The average Bonchev–Trinajstić information content (AvgIpc) is 2.89. The predicted molar refractivity (Wildman–Crippen MR) is 74.4 cm³/mol. The van der Waals surface area contributed by atoms with Crippen molar-refractivity contribution in [2.45, 2.75) is 19.3 Å². The Hall–Kier alpha value is -1.82. The van der Waals surface area contributed by atoms with E-state index < -0.39 is 5.97 Å². The van der Waals surface area contributed by atoms with Gasteiger partial charge in [-0.1, -0.05) is 0 Å². The van der Waals surface area contributed by atoms with Gasteiger partial charge in [0.1, 0.15) is 5.82 Å². The third-order valence-corrected chi connectivity index (χ3v) is 3.36. The van der Waals surface area contributed by atoms with E-state index in [4.69, 9.17) is 10.8 Å². The SMILES string of the molecule is Nc1c(C(=O)O)ccnc1NCCCN1CCCC1. The molecule has 1 aliphatic heterocycles. The van der Waals surface area contributed by atoms with Crippen molar-refractivity contribution in [3.05, 3.63) is 17.8 Å². The fraction of sp³-hybridized carbons (Fsp3) is 0.538. The van der Waals surface area contributed by atoms with Gasteiger partial charge >= 0.3 is 5.97 Å². The molecule has 19 heavy (non-hydrogen) atoms. The lowest BCUT2D eigenvalue weighted by atomic mass is 10.2. The molecule has 0 unspecified atom stereocenters. The van der Waals surface area contributed by atoms with Crippen LogP contribution in [0.15, 0.2) is 12.3 Å². The molecule has 1 saturated heterocycles. The number of likely N-dealkylation sites (tertiary alicyclic amines) is 1. The van der Waals surface area contributed by atoms with E-state index in [1.165, 1.54) is 38.2 Å². The zero-order valence-corrected chi connectivity index (χ0v) is 10.9. The molecule has 4 N–H and O–H groups in total. The van der Waals surface area contributed by atoms with Gasteiger partial charge in [-0.05, 0) is 45.0 Å². The van der Waals surface area contributed by atoms with Gasteiger partial charge in [0.25, 0.3) is 0 Å². The molecule has 0 amide bonds. The molecule has 0 bridgehead atoms. The Bertz CT molecular complexity index is 444. The van der Waals surface area contributed by atoms with E-state index in [1.54, 1.807) is 0 Å². The molecule has 104 valence electrons. The Morgan fingerprint density at radius 3 is 2.89 bits per heavy atom. The van der Waals surface area contributed by atoms with Gasteiger partial charge in [-0.3, -0.25) is 0 Å². The maximum absolute atomic E-state index is 10.9. The zero-order chi connectivity index (χ0) is 13.7. The van der Waals surface area contributed by atoms with Crippen LogP contribution in [0.5, 0.6) is 0 Å². The van der Waals surface area contributed by atoms with Crippen molar-refractivity contribution in [3.8, 4) is 0 Å². The molecule has 0 radical (unpaired) electrons. The molecule has 2 rings (SSSR count). The number of carbonyl (C=O) groups is 1. The number of aromatic nitrogens is 1. The van der Waals surface area contributed by atoms with Gasteiger partial charge in [0.05, 0.1) is 11.3 Å². The molecule has 1 fully saturated rings. The lowest BCUT2D eigenvalue weighted by Crippen LogP contribution is -2.22. The first-order chi connectivity index (χ1) is 9.18. The molecular weight excluding hydrogens is 244 g/mol. The number of nitrogens with zero attached hydrogens (tertiary/aromatic N) is 2. The van der Waals surface area contributed by atoms with E-state index in [1.807, 2.05) is 0 Å². The fourth-order valence-electron chi connectivity index (χ4n) is 2.32. The van der Waals surface area contributed by atoms with E-state index in [0.717, 1.165) is 19.5 Å². The first-order valence-electron chi connectivity index (χ1n) is 6.62. The highest BCUT2D eigenvalue weighted by Crippen LogP contribution is 2.19. The van der Waals surface area contributed by atoms with Crippen molar-refractivity contribution < 1.29 is 9.90 Å². The molecule has 1 aromatic heterocycles. The maximum atomic E-state index is 10.9. The average molecular weight is 264 g/mol. The van der Waals surface area contributed by atoms with Gasteiger partial charge in [-0.25, -0.2) is 9.78 Å². The van der Waals surface area contributed by atoms with E-state index in [9.17, 15) is 4.79 Å². The second-order valence-corrected chi connectivity index (χ2v) is 4.76. The number of nitrogens with one attached hydrogen (secondary N) is 1. The normalized spacial score (nSPS) is 15.6. The lowest BCUT2D eigenvalue weighted by molar-refractivity contribution is 0.0698. The number of carboxylic acids is 1. The molecule has 6 nitrogen and oxygen atoms in total. The molecule has 0 spiro atoms. The van der Waals surface area contributed by atoms with Crippen LogP contribution in [-0.2, 0) is 0 Å². The Kier molecular flexibility index (Phi) is 4.57. The molecule has 6 heteroatoms. The summed E-state index contributed by atoms with van der Waals surface area (Å²) in [6, 6.07) is 1.41. The summed E-state index contributed by atoms with van der Waals surface area (Å²) in [7, 11) is 0. The van der Waals surface area contributed by atoms with Crippen molar-refractivity contribution in [3.63, 3.8) is 0 Å². The molecule has 0 saturated carbocycles. The highest BCUT2D eigenvalue weighted by Gasteiger charge is 2.13. The van der Waals surface area contributed by atoms with E-state index in [0.29, 0.717) is 5.82 Å². The van der Waals surface area contributed by atoms with Gasteiger partial charge in [0.2, 0.25) is 0 Å². The van der Waals surface area contributed by atoms with Gasteiger partial charge in [0.15, 0.2) is 0 Å². The monoisotopic (exact) mass is 264 g/mol. The largest absolute Gasteiger partial charge is 0.478 e. The molecule has 1 aliphatic rings. The van der Waals surface area contributed by atoms with Gasteiger partial charge in [-0.15, -0.1) is 0 Å². The Morgan fingerprint density at radius 2 is 2.21 bits per heavy atom. The van der Waals surface area contributed by atoms with E-state index in [-0.39, 0.29) is 11.3 Å². The third-order valence-electron chi connectivity index (χ3n) is 3.36. The number of anilines is 2. The summed E-state index contributed by atoms with van der Waals surface area (Å²) in [4.78, 5) is 17.4. The summed E-state index contributed by atoms with van der Waals surface area (Å²) in [6.07, 6.45) is 5.05. The van der Waals surface area contributed by atoms with Crippen LogP contribution in [0.25, 0.3) is 0 Å². The fourth-order valence-corrected chi connectivity index (χ4v) is 2.32. The number of hydrogen-bond acceptors (Lipinski definition) is 5. The first kappa shape index (κ1) is 13.6. The maximum Gasteiger partial charge on any atom is 0.337 e. The smallest absolute Gasteiger partial charge is 0.337 e. The Morgan fingerprint density at radius 1 is 1.47 bits per heavy atom. The predicted octanol–water partition coefficient (Wildman–Crippen LogP) is 1.26. The molecule has 0 atom stereocenters. The number of rotatable bonds is 6. The van der Waals surface area contributed by atoms with Crippen LogP contribution < -0.4 is 11.1 Å². The Labute approximate surface area is 112 Å². The van der Waals surface area contributed by atoms with Crippen LogP contribution in [0.1, 0.15) is 29.6 Å². The second-order valence-electron chi connectivity index (χ2n) is 4.76. The number of aromatic carboxylic acids is 1. The second kappa shape index (κ2) is 6.38. The minimum Gasteiger partial charge on any atom is -0.478 e. The van der Waals surface area contributed by atoms with Gasteiger partial charge in [0, 0.05) is 12.7 Å². The molecule has 1 aromatic rings. The van der Waals surface area contributed by atoms with E-state index >= 15 is 0 Å². The van der Waals surface area contributed by atoms with Crippen LogP contribution in [-0.4, -0.2) is 47.1 Å².